The summed E-state index contributed by atoms with van der Waals surface area (Å²) in [6.07, 6.45) is 4.93. The van der Waals surface area contributed by atoms with E-state index < -0.39 is 0 Å². The predicted octanol–water partition coefficient (Wildman–Crippen LogP) is 1.72. The van der Waals surface area contributed by atoms with Gasteiger partial charge in [-0.3, -0.25) is 19.3 Å². The van der Waals surface area contributed by atoms with Crippen LogP contribution in [-0.4, -0.2) is 73.8 Å². The maximum atomic E-state index is 13.3. The number of carbonyl (C=O) groups is 3. The first-order valence-electron chi connectivity index (χ1n) is 10.2. The number of nitrogens with zero attached hydrogens (tertiary/aromatic N) is 4. The maximum Gasteiger partial charge on any atom is 0.253 e. The molecule has 2 fully saturated rings. The van der Waals surface area contributed by atoms with E-state index in [9.17, 15) is 14.4 Å². The Balaban J connectivity index is 1.71. The summed E-state index contributed by atoms with van der Waals surface area (Å²) < 4.78 is 0. The molecule has 1 atom stereocenters. The van der Waals surface area contributed by atoms with Crippen molar-refractivity contribution in [3.8, 4) is 0 Å². The number of hydrogen-bond acceptors (Lipinski definition) is 4. The first-order valence-corrected chi connectivity index (χ1v) is 10.2. The normalized spacial score (nSPS) is 21.4. The Kier molecular flexibility index (Phi) is 5.00. The van der Waals surface area contributed by atoms with E-state index in [4.69, 9.17) is 0 Å². The van der Waals surface area contributed by atoms with E-state index in [1.165, 1.54) is 4.90 Å². The molecular weight excluding hydrogens is 356 g/mol. The molecule has 0 aliphatic carbocycles. The summed E-state index contributed by atoms with van der Waals surface area (Å²) in [7, 11) is 3.42. The van der Waals surface area contributed by atoms with Crippen molar-refractivity contribution in [2.45, 2.75) is 38.1 Å². The van der Waals surface area contributed by atoms with Crippen molar-refractivity contribution >= 4 is 29.1 Å². The third kappa shape index (κ3) is 3.23. The zero-order valence-electron chi connectivity index (χ0n) is 16.7. The fraction of sp³-hybridized carbons (Fsp3) is 0.571. The lowest BCUT2D eigenvalue weighted by molar-refractivity contribution is -0.131. The predicted molar refractivity (Wildman–Crippen MR) is 108 cm³/mol. The Bertz CT molecular complexity index is 801. The molecule has 3 heterocycles. The molecule has 0 bridgehead atoms. The fourth-order valence-corrected chi connectivity index (χ4v) is 4.51. The summed E-state index contributed by atoms with van der Waals surface area (Å²) in [5.74, 6) is -0.138. The van der Waals surface area contributed by atoms with Crippen LogP contribution in [-0.2, 0) is 9.59 Å². The third-order valence-corrected chi connectivity index (χ3v) is 6.03. The van der Waals surface area contributed by atoms with E-state index >= 15 is 0 Å². The van der Waals surface area contributed by atoms with Crippen LogP contribution in [0.25, 0.3) is 0 Å². The van der Waals surface area contributed by atoms with Gasteiger partial charge in [0.2, 0.25) is 11.8 Å². The van der Waals surface area contributed by atoms with Crippen molar-refractivity contribution in [2.75, 3.05) is 50.1 Å². The molecule has 4 rings (SSSR count). The lowest BCUT2D eigenvalue weighted by atomic mass is 9.95. The van der Waals surface area contributed by atoms with E-state index in [1.807, 2.05) is 17.0 Å². The van der Waals surface area contributed by atoms with Crippen LogP contribution in [0.4, 0.5) is 11.4 Å². The summed E-state index contributed by atoms with van der Waals surface area (Å²) in [4.78, 5) is 45.7. The monoisotopic (exact) mass is 384 g/mol. The molecule has 28 heavy (non-hydrogen) atoms. The summed E-state index contributed by atoms with van der Waals surface area (Å²) in [5.41, 5.74) is 2.17. The minimum atomic E-state index is -0.206. The number of benzene rings is 1. The lowest BCUT2D eigenvalue weighted by Crippen LogP contribution is -2.57. The van der Waals surface area contributed by atoms with Crippen LogP contribution in [0.5, 0.6) is 0 Å². The number of piperidine rings is 1. The van der Waals surface area contributed by atoms with Crippen molar-refractivity contribution in [1.82, 2.24) is 9.80 Å². The molecule has 7 nitrogen and oxygen atoms in total. The van der Waals surface area contributed by atoms with Gasteiger partial charge in [-0.1, -0.05) is 0 Å². The largest absolute Gasteiger partial charge is 0.358 e. The Hall–Kier alpha value is -2.57. The third-order valence-electron chi connectivity index (χ3n) is 6.03. The van der Waals surface area contributed by atoms with E-state index in [2.05, 4.69) is 4.90 Å². The molecule has 2 saturated heterocycles. The highest BCUT2D eigenvalue weighted by Gasteiger charge is 2.40. The molecule has 1 aromatic rings. The van der Waals surface area contributed by atoms with Crippen LogP contribution in [0, 0.1) is 0 Å². The minimum Gasteiger partial charge on any atom is -0.358 e. The zero-order chi connectivity index (χ0) is 19.8. The van der Waals surface area contributed by atoms with Crippen LogP contribution in [0.15, 0.2) is 18.2 Å². The van der Waals surface area contributed by atoms with Gasteiger partial charge in [-0.25, -0.2) is 0 Å². The second-order valence-corrected chi connectivity index (χ2v) is 8.12. The minimum absolute atomic E-state index is 0.00889. The van der Waals surface area contributed by atoms with Crippen LogP contribution in [0.2, 0.25) is 0 Å². The molecule has 7 heteroatoms. The molecule has 0 aromatic heterocycles. The van der Waals surface area contributed by atoms with Crippen molar-refractivity contribution in [3.63, 3.8) is 0 Å². The summed E-state index contributed by atoms with van der Waals surface area (Å²) >= 11 is 0. The van der Waals surface area contributed by atoms with E-state index in [-0.39, 0.29) is 30.3 Å². The van der Waals surface area contributed by atoms with Crippen molar-refractivity contribution in [3.05, 3.63) is 23.8 Å². The molecular formula is C21H28N4O3. The van der Waals surface area contributed by atoms with Gasteiger partial charge in [0.25, 0.3) is 5.91 Å². The molecule has 0 radical (unpaired) electrons. The van der Waals surface area contributed by atoms with E-state index in [1.54, 1.807) is 25.1 Å². The zero-order valence-corrected chi connectivity index (χ0v) is 16.7. The van der Waals surface area contributed by atoms with Gasteiger partial charge < -0.3 is 14.7 Å². The second kappa shape index (κ2) is 7.45. The summed E-state index contributed by atoms with van der Waals surface area (Å²) in [6, 6.07) is 5.33. The number of anilines is 2. The SMILES string of the molecule is CN(C)C(=O)c1ccc2c(c1)N(CC(=O)N1CCCC1)C(=O)C1CCCCN21. The highest BCUT2D eigenvalue weighted by molar-refractivity contribution is 6.09. The van der Waals surface area contributed by atoms with Gasteiger partial charge >= 0.3 is 0 Å². The molecule has 3 aliphatic heterocycles. The van der Waals surface area contributed by atoms with Crippen molar-refractivity contribution in [1.29, 1.82) is 0 Å². The highest BCUT2D eigenvalue weighted by atomic mass is 16.2. The van der Waals surface area contributed by atoms with E-state index in [0.717, 1.165) is 57.4 Å². The molecule has 1 unspecified atom stereocenters. The van der Waals surface area contributed by atoms with Gasteiger partial charge in [-0.15, -0.1) is 0 Å². The Labute approximate surface area is 165 Å². The number of amides is 3. The van der Waals surface area contributed by atoms with Gasteiger partial charge in [0.05, 0.1) is 11.4 Å². The quantitative estimate of drug-likeness (QED) is 0.796. The smallest absolute Gasteiger partial charge is 0.253 e. The number of carbonyl (C=O) groups excluding carboxylic acids is 3. The lowest BCUT2D eigenvalue weighted by Gasteiger charge is -2.45. The first-order chi connectivity index (χ1) is 13.5. The van der Waals surface area contributed by atoms with Gasteiger partial charge in [-0.05, 0) is 50.3 Å². The first kappa shape index (κ1) is 18.8. The second-order valence-electron chi connectivity index (χ2n) is 8.12. The molecule has 0 spiro atoms. The average molecular weight is 384 g/mol. The Morgan fingerprint density at radius 1 is 1.04 bits per heavy atom. The number of rotatable bonds is 3. The molecule has 3 aliphatic rings. The number of fused-ring (bicyclic) bond motifs is 3. The van der Waals surface area contributed by atoms with Crippen molar-refractivity contribution in [2.24, 2.45) is 0 Å². The van der Waals surface area contributed by atoms with Gasteiger partial charge in [0.15, 0.2) is 0 Å². The topological polar surface area (TPSA) is 64.2 Å². The summed E-state index contributed by atoms with van der Waals surface area (Å²) in [6.45, 7) is 2.42. The highest BCUT2D eigenvalue weighted by Crippen LogP contribution is 2.40. The molecule has 150 valence electrons. The molecule has 0 N–H and O–H groups in total. The van der Waals surface area contributed by atoms with Crippen molar-refractivity contribution < 1.29 is 14.4 Å². The number of hydrogen-bond donors (Lipinski definition) is 0. The molecule has 0 saturated carbocycles. The van der Waals surface area contributed by atoms with Gasteiger partial charge in [-0.2, -0.15) is 0 Å². The average Bonchev–Trinajstić information content (AvgIpc) is 3.25. The van der Waals surface area contributed by atoms with E-state index in [0.29, 0.717) is 11.3 Å². The molecule has 3 amide bonds. The maximum absolute atomic E-state index is 13.3. The Morgan fingerprint density at radius 2 is 1.75 bits per heavy atom. The summed E-state index contributed by atoms with van der Waals surface area (Å²) in [5, 5.41) is 0. The number of likely N-dealkylation sites (tertiary alicyclic amines) is 1. The van der Waals surface area contributed by atoms with Crippen LogP contribution in [0.3, 0.4) is 0 Å². The molecule has 1 aromatic carbocycles. The standard InChI is InChI=1S/C21H28N4O3/c1-22(2)20(27)15-8-9-16-18(13-15)25(14-19(26)23-10-5-6-11-23)21(28)17-7-3-4-12-24(16)17/h8-9,13,17H,3-7,10-12,14H2,1-2H3. The van der Waals surface area contributed by atoms with Crippen LogP contribution in [0.1, 0.15) is 42.5 Å². The van der Waals surface area contributed by atoms with Gasteiger partial charge in [0, 0.05) is 39.3 Å². The Morgan fingerprint density at radius 3 is 2.46 bits per heavy atom. The van der Waals surface area contributed by atoms with Crippen LogP contribution < -0.4 is 9.80 Å². The fourth-order valence-electron chi connectivity index (χ4n) is 4.51. The van der Waals surface area contributed by atoms with Crippen LogP contribution >= 0.6 is 0 Å². The van der Waals surface area contributed by atoms with Gasteiger partial charge in [0.1, 0.15) is 12.6 Å².